The molecule has 0 bridgehead atoms. The van der Waals surface area contributed by atoms with E-state index in [0.717, 1.165) is 17.0 Å². The Labute approximate surface area is 335 Å². The van der Waals surface area contributed by atoms with Crippen molar-refractivity contribution >= 4 is 0 Å². The van der Waals surface area contributed by atoms with E-state index in [0.29, 0.717) is 5.82 Å². The van der Waals surface area contributed by atoms with Crippen molar-refractivity contribution in [3.05, 3.63) is 246 Å². The number of aromatic nitrogens is 7. The first-order chi connectivity index (χ1) is 26.8. The van der Waals surface area contributed by atoms with Gasteiger partial charge in [0, 0.05) is 11.8 Å². The Balaban J connectivity index is 0.000000332. The molecule has 9 aromatic rings. The van der Waals surface area contributed by atoms with Crippen LogP contribution < -0.4 is 0 Å². The third-order valence-corrected chi connectivity index (χ3v) is 9.56. The summed E-state index contributed by atoms with van der Waals surface area (Å²) in [5, 5.41) is 15.7. The van der Waals surface area contributed by atoms with Crippen LogP contribution in [0.2, 0.25) is 0 Å². The van der Waals surface area contributed by atoms with Crippen molar-refractivity contribution < 1.29 is 21.1 Å². The molecule has 0 radical (unpaired) electrons. The van der Waals surface area contributed by atoms with Gasteiger partial charge in [0.15, 0.2) is 5.82 Å². The Bertz CT molecular complexity index is 2320. The predicted molar refractivity (Wildman–Crippen MR) is 214 cm³/mol. The molecule has 0 fully saturated rings. The maximum atomic E-state index is 4.64. The Morgan fingerprint density at radius 3 is 1.40 bits per heavy atom. The molecule has 3 heterocycles. The second-order valence-corrected chi connectivity index (χ2v) is 12.8. The molecule has 3 aromatic heterocycles. The third-order valence-electron chi connectivity index (χ3n) is 9.56. The van der Waals surface area contributed by atoms with Crippen LogP contribution in [-0.4, -0.2) is 35.2 Å². The van der Waals surface area contributed by atoms with Gasteiger partial charge in [-0.3, -0.25) is 10.1 Å². The molecule has 1 N–H and O–H groups in total. The molecule has 55 heavy (non-hydrogen) atoms. The van der Waals surface area contributed by atoms with E-state index in [1.54, 1.807) is 6.20 Å². The van der Waals surface area contributed by atoms with Crippen LogP contribution in [0, 0.1) is 0 Å². The maximum absolute atomic E-state index is 4.64. The van der Waals surface area contributed by atoms with Gasteiger partial charge in [0.05, 0.1) is 11.6 Å². The smallest absolute Gasteiger partial charge is 0.258 e. The quantitative estimate of drug-likeness (QED) is 0.146. The van der Waals surface area contributed by atoms with Gasteiger partial charge in [-0.05, 0) is 45.5 Å². The predicted octanol–water partition coefficient (Wildman–Crippen LogP) is 9.83. The fraction of sp³-hybridized carbons (Fsp3) is 0.0426. The molecular weight excluding hydrogens is 858 g/mol. The number of H-pyrrole nitrogens is 1. The largest absolute Gasteiger partial charge is 2.00 e. The van der Waals surface area contributed by atoms with E-state index < -0.39 is 5.41 Å². The topological polar surface area (TPSA) is 85.2 Å². The van der Waals surface area contributed by atoms with Crippen LogP contribution in [0.5, 0.6) is 0 Å². The summed E-state index contributed by atoms with van der Waals surface area (Å²) in [7, 11) is 0. The first kappa shape index (κ1) is 36.8. The van der Waals surface area contributed by atoms with Crippen LogP contribution in [-0.2, 0) is 26.5 Å². The molecule has 0 aliphatic rings. The normalized spacial score (nSPS) is 10.9. The van der Waals surface area contributed by atoms with Gasteiger partial charge in [-0.15, -0.1) is 5.10 Å². The number of pyridine rings is 1. The van der Waals surface area contributed by atoms with Crippen molar-refractivity contribution in [2.75, 3.05) is 0 Å². The Hall–Kier alpha value is -6.56. The minimum Gasteiger partial charge on any atom is -0.258 e. The van der Waals surface area contributed by atoms with E-state index >= 15 is 0 Å². The fourth-order valence-electron chi connectivity index (χ4n) is 7.09. The molecule has 0 saturated carbocycles. The Morgan fingerprint density at radius 2 is 0.945 bits per heavy atom. The van der Waals surface area contributed by atoms with Crippen LogP contribution >= 0.6 is 0 Å². The first-order valence-corrected chi connectivity index (χ1v) is 17.9. The molecule has 0 aliphatic carbocycles. The van der Waals surface area contributed by atoms with Crippen molar-refractivity contribution in [2.45, 2.75) is 11.5 Å². The van der Waals surface area contributed by atoms with Gasteiger partial charge < -0.3 is 0 Å². The zero-order chi connectivity index (χ0) is 36.4. The summed E-state index contributed by atoms with van der Waals surface area (Å²) in [6, 6.07) is 67.7. The van der Waals surface area contributed by atoms with Crippen molar-refractivity contribution in [2.24, 2.45) is 0 Å². The van der Waals surface area contributed by atoms with Crippen LogP contribution in [0.1, 0.15) is 39.4 Å². The maximum Gasteiger partial charge on any atom is 2.00 e. The molecule has 0 atom stereocenters. The SMILES string of the molecule is [Pt+2].c1ccc(-c2ncn[nH]2)nc1.c1ccc(C(c2ccccc2)n2cc(-c3ccc(C(c4ccccc4)(c4ccccc4)c4ccccc4)cc3)nn2)cc1. The minimum absolute atomic E-state index is 0. The van der Waals surface area contributed by atoms with Gasteiger partial charge in [0.1, 0.15) is 23.8 Å². The molecule has 9 rings (SSSR count). The summed E-state index contributed by atoms with van der Waals surface area (Å²) < 4.78 is 1.97. The van der Waals surface area contributed by atoms with E-state index in [1.807, 2.05) is 35.0 Å². The van der Waals surface area contributed by atoms with E-state index in [9.17, 15) is 0 Å². The minimum atomic E-state index is -0.481. The number of hydrogen-bond donors (Lipinski definition) is 1. The van der Waals surface area contributed by atoms with Crippen LogP contribution in [0.25, 0.3) is 22.8 Å². The molecule has 0 spiro atoms. The van der Waals surface area contributed by atoms with Crippen LogP contribution in [0.3, 0.4) is 0 Å². The summed E-state index contributed by atoms with van der Waals surface area (Å²) >= 11 is 0. The molecule has 0 aliphatic heterocycles. The molecule has 268 valence electrons. The zero-order valence-corrected chi connectivity index (χ0v) is 32.1. The number of rotatable bonds is 9. The van der Waals surface area contributed by atoms with Gasteiger partial charge in [-0.2, -0.15) is 5.10 Å². The monoisotopic (exact) mass is 894 g/mol. The molecular formula is C47H37N7Pt+2. The molecule has 0 unspecified atom stereocenters. The summed E-state index contributed by atoms with van der Waals surface area (Å²) in [6.45, 7) is 0. The number of hydrogen-bond acceptors (Lipinski definition) is 5. The molecule has 0 saturated heterocycles. The van der Waals surface area contributed by atoms with Crippen molar-refractivity contribution in [3.8, 4) is 22.8 Å². The number of nitrogens with one attached hydrogen (secondary N) is 1. The van der Waals surface area contributed by atoms with E-state index in [4.69, 9.17) is 0 Å². The number of benzene rings is 6. The fourth-order valence-corrected chi connectivity index (χ4v) is 7.09. The summed E-state index contributed by atoms with van der Waals surface area (Å²) in [6.07, 6.45) is 5.24. The molecule has 7 nitrogen and oxygen atoms in total. The summed E-state index contributed by atoms with van der Waals surface area (Å²) in [4.78, 5) is 8.04. The Kier molecular flexibility index (Phi) is 11.7. The zero-order valence-electron chi connectivity index (χ0n) is 29.8. The van der Waals surface area contributed by atoms with E-state index in [1.165, 1.54) is 39.7 Å². The average molecular weight is 895 g/mol. The number of nitrogens with zero attached hydrogens (tertiary/aromatic N) is 6. The van der Waals surface area contributed by atoms with Gasteiger partial charge in [0.2, 0.25) is 0 Å². The molecule has 8 heteroatoms. The number of aromatic amines is 1. The standard InChI is InChI=1S/C40H31N3.C7H6N4.Pt/c1-6-16-32(17-7-1)39(33-18-8-2-9-19-33)43-30-38(41-42-43)31-26-28-37(29-27-31)40(34-20-10-3-11-21-34,35-22-12-4-13-23-35)36-24-14-5-15-25-36;1-2-4-8-6(3-1)7-9-5-10-11-7;/h1-30,39H;1-5H,(H,9,10,11);/q;;+2. The first-order valence-electron chi connectivity index (χ1n) is 17.9. The second-order valence-electron chi connectivity index (χ2n) is 12.8. The summed E-state index contributed by atoms with van der Waals surface area (Å²) in [5.74, 6) is 0.700. The van der Waals surface area contributed by atoms with E-state index in [2.05, 4.69) is 200 Å². The molecule has 6 aromatic carbocycles. The van der Waals surface area contributed by atoms with Gasteiger partial charge in [-0.1, -0.05) is 187 Å². The average Bonchev–Trinajstić information content (AvgIpc) is 3.99. The van der Waals surface area contributed by atoms with Crippen molar-refractivity contribution in [1.82, 2.24) is 35.2 Å². The van der Waals surface area contributed by atoms with Gasteiger partial charge in [0.25, 0.3) is 0 Å². The summed E-state index contributed by atoms with van der Waals surface area (Å²) in [5.41, 5.74) is 9.39. The van der Waals surface area contributed by atoms with Gasteiger partial charge >= 0.3 is 21.1 Å². The Morgan fingerprint density at radius 1 is 0.473 bits per heavy atom. The van der Waals surface area contributed by atoms with Crippen molar-refractivity contribution in [3.63, 3.8) is 0 Å². The third kappa shape index (κ3) is 7.89. The second kappa shape index (κ2) is 17.5. The van der Waals surface area contributed by atoms with E-state index in [-0.39, 0.29) is 27.1 Å². The van der Waals surface area contributed by atoms with Crippen LogP contribution in [0.4, 0.5) is 0 Å². The van der Waals surface area contributed by atoms with Crippen molar-refractivity contribution in [1.29, 1.82) is 0 Å². The van der Waals surface area contributed by atoms with Crippen LogP contribution in [0.15, 0.2) is 213 Å². The molecule has 0 amide bonds. The van der Waals surface area contributed by atoms with Gasteiger partial charge in [-0.25, -0.2) is 9.67 Å².